The molecule has 0 saturated heterocycles. The molecule has 1 N–H and O–H groups in total. The summed E-state index contributed by atoms with van der Waals surface area (Å²) in [7, 11) is 0.633. The molecule has 0 unspecified atom stereocenters. The van der Waals surface area contributed by atoms with Crippen LogP contribution < -0.4 is 14.8 Å². The van der Waals surface area contributed by atoms with Crippen molar-refractivity contribution in [3.63, 3.8) is 0 Å². The molecular weight excluding hydrogens is 392 g/mol. The van der Waals surface area contributed by atoms with Crippen molar-refractivity contribution in [3.05, 3.63) is 47.5 Å². The molecule has 9 heteroatoms. The van der Waals surface area contributed by atoms with E-state index in [9.17, 15) is 13.2 Å². The smallest absolute Gasteiger partial charge is 0.265 e. The van der Waals surface area contributed by atoms with Gasteiger partial charge in [-0.05, 0) is 43.3 Å². The van der Waals surface area contributed by atoms with Crippen molar-refractivity contribution in [1.82, 2.24) is 4.31 Å². The number of ether oxygens (including phenoxy) is 2. The second-order valence-electron chi connectivity index (χ2n) is 5.86. The number of hydrogen-bond acceptors (Lipinski definition) is 5. The molecule has 2 aromatic carbocycles. The van der Waals surface area contributed by atoms with E-state index in [-0.39, 0.29) is 10.6 Å². The average molecular weight is 413 g/mol. The number of carbonyl (C=O) groups excluding carboxylic acids is 1. The topological polar surface area (TPSA) is 84.9 Å². The van der Waals surface area contributed by atoms with Gasteiger partial charge in [0.1, 0.15) is 11.5 Å². The van der Waals surface area contributed by atoms with Gasteiger partial charge in [0.15, 0.2) is 6.10 Å². The van der Waals surface area contributed by atoms with Crippen LogP contribution in [-0.2, 0) is 14.8 Å². The van der Waals surface area contributed by atoms with Crippen molar-refractivity contribution in [1.29, 1.82) is 0 Å². The summed E-state index contributed by atoms with van der Waals surface area (Å²) >= 11 is 5.90. The third kappa shape index (κ3) is 5.12. The highest BCUT2D eigenvalue weighted by molar-refractivity contribution is 7.89. The minimum Gasteiger partial charge on any atom is -0.495 e. The summed E-state index contributed by atoms with van der Waals surface area (Å²) in [4.78, 5) is 12.5. The Morgan fingerprint density at radius 1 is 1.19 bits per heavy atom. The first kappa shape index (κ1) is 21.0. The van der Waals surface area contributed by atoms with Crippen LogP contribution >= 0.6 is 11.6 Å². The molecule has 0 saturated carbocycles. The molecule has 2 rings (SSSR count). The van der Waals surface area contributed by atoms with Gasteiger partial charge < -0.3 is 14.8 Å². The summed E-state index contributed by atoms with van der Waals surface area (Å²) in [6, 6.07) is 10.9. The fourth-order valence-electron chi connectivity index (χ4n) is 2.19. The lowest BCUT2D eigenvalue weighted by molar-refractivity contribution is -0.122. The fourth-order valence-corrected chi connectivity index (χ4v) is 3.30. The summed E-state index contributed by atoms with van der Waals surface area (Å²) in [5, 5.41) is 3.13. The molecule has 0 fully saturated rings. The number of halogens is 1. The number of rotatable bonds is 7. The van der Waals surface area contributed by atoms with Crippen molar-refractivity contribution in [3.8, 4) is 11.5 Å². The number of nitrogens with one attached hydrogen (secondary N) is 1. The summed E-state index contributed by atoms with van der Waals surface area (Å²) in [5.74, 6) is 0.310. The molecule has 146 valence electrons. The van der Waals surface area contributed by atoms with Gasteiger partial charge in [-0.25, -0.2) is 12.7 Å². The molecule has 1 amide bonds. The minimum absolute atomic E-state index is 0.0343. The highest BCUT2D eigenvalue weighted by atomic mass is 35.5. The normalized spacial score (nSPS) is 12.5. The lowest BCUT2D eigenvalue weighted by Gasteiger charge is -2.18. The van der Waals surface area contributed by atoms with Crippen molar-refractivity contribution in [2.75, 3.05) is 26.5 Å². The lowest BCUT2D eigenvalue weighted by Crippen LogP contribution is -2.30. The molecule has 2 aromatic rings. The second kappa shape index (κ2) is 8.60. The number of benzene rings is 2. The molecule has 0 aromatic heterocycles. The van der Waals surface area contributed by atoms with E-state index in [1.54, 1.807) is 31.2 Å². The molecule has 0 radical (unpaired) electrons. The van der Waals surface area contributed by atoms with Crippen molar-refractivity contribution >= 4 is 33.2 Å². The second-order valence-corrected chi connectivity index (χ2v) is 8.44. The van der Waals surface area contributed by atoms with Crippen molar-refractivity contribution < 1.29 is 22.7 Å². The number of sulfonamides is 1. The summed E-state index contributed by atoms with van der Waals surface area (Å²) < 4.78 is 36.5. The highest BCUT2D eigenvalue weighted by Gasteiger charge is 2.21. The van der Waals surface area contributed by atoms with E-state index >= 15 is 0 Å². The van der Waals surface area contributed by atoms with E-state index in [1.165, 1.54) is 39.4 Å². The van der Waals surface area contributed by atoms with Crippen LogP contribution in [0.25, 0.3) is 0 Å². The fraction of sp³-hybridized carbons (Fsp3) is 0.278. The van der Waals surface area contributed by atoms with Crippen molar-refractivity contribution in [2.45, 2.75) is 17.9 Å². The quantitative estimate of drug-likeness (QED) is 0.755. The first-order valence-corrected chi connectivity index (χ1v) is 9.80. The zero-order valence-corrected chi connectivity index (χ0v) is 17.0. The largest absolute Gasteiger partial charge is 0.495 e. The van der Waals surface area contributed by atoms with E-state index in [2.05, 4.69) is 5.32 Å². The molecule has 1 atom stereocenters. The molecule has 0 aliphatic rings. The molecule has 0 bridgehead atoms. The van der Waals surface area contributed by atoms with Gasteiger partial charge in [-0.15, -0.1) is 0 Å². The molecule has 0 aliphatic carbocycles. The Kier molecular flexibility index (Phi) is 6.69. The summed E-state index contributed by atoms with van der Waals surface area (Å²) in [6.07, 6.45) is -0.845. The van der Waals surface area contributed by atoms with E-state index in [0.29, 0.717) is 16.5 Å². The van der Waals surface area contributed by atoms with Crippen LogP contribution in [0, 0.1) is 0 Å². The number of nitrogens with zero attached hydrogens (tertiary/aromatic N) is 1. The number of methoxy groups -OCH3 is 1. The summed E-state index contributed by atoms with van der Waals surface area (Å²) in [5.41, 5.74) is 0.229. The zero-order chi connectivity index (χ0) is 20.2. The molecule has 0 heterocycles. The van der Waals surface area contributed by atoms with E-state index < -0.39 is 22.0 Å². The Balaban J connectivity index is 2.23. The highest BCUT2D eigenvalue weighted by Crippen LogP contribution is 2.29. The van der Waals surface area contributed by atoms with Crippen LogP contribution in [0.15, 0.2) is 47.4 Å². The number of amides is 1. The van der Waals surface area contributed by atoms with Crippen LogP contribution in [0.3, 0.4) is 0 Å². The van der Waals surface area contributed by atoms with Gasteiger partial charge in [-0.2, -0.15) is 0 Å². The Morgan fingerprint density at radius 2 is 1.89 bits per heavy atom. The Morgan fingerprint density at radius 3 is 2.48 bits per heavy atom. The van der Waals surface area contributed by atoms with Gasteiger partial charge in [0, 0.05) is 19.1 Å². The minimum atomic E-state index is -3.65. The lowest BCUT2D eigenvalue weighted by atomic mass is 10.2. The first-order chi connectivity index (χ1) is 12.6. The maximum absolute atomic E-state index is 12.5. The van der Waals surface area contributed by atoms with Gasteiger partial charge in [-0.3, -0.25) is 4.79 Å². The predicted molar refractivity (Wildman–Crippen MR) is 104 cm³/mol. The van der Waals surface area contributed by atoms with Crippen LogP contribution in [0.4, 0.5) is 5.69 Å². The number of carbonyl (C=O) groups is 1. The SMILES string of the molecule is COc1ccc(S(=O)(=O)N(C)C)cc1NC(=O)[C@H](C)Oc1cccc(Cl)c1. The maximum atomic E-state index is 12.5. The predicted octanol–water partition coefficient (Wildman–Crippen LogP) is 3.00. The van der Waals surface area contributed by atoms with Gasteiger partial charge in [0.25, 0.3) is 5.91 Å². The number of hydrogen-bond donors (Lipinski definition) is 1. The zero-order valence-electron chi connectivity index (χ0n) is 15.4. The van der Waals surface area contributed by atoms with Gasteiger partial charge >= 0.3 is 0 Å². The molecule has 27 heavy (non-hydrogen) atoms. The van der Waals surface area contributed by atoms with E-state index in [0.717, 1.165) is 4.31 Å². The van der Waals surface area contributed by atoms with Crippen molar-refractivity contribution in [2.24, 2.45) is 0 Å². The van der Waals surface area contributed by atoms with E-state index in [4.69, 9.17) is 21.1 Å². The molecule has 0 spiro atoms. The standard InChI is InChI=1S/C18H21ClN2O5S/c1-12(26-14-7-5-6-13(19)10-14)18(22)20-16-11-15(8-9-17(16)25-4)27(23,24)21(2)3/h5-12H,1-4H3,(H,20,22)/t12-/m0/s1. The van der Waals surface area contributed by atoms with Crippen LogP contribution in [0.1, 0.15) is 6.92 Å². The molecular formula is C18H21ClN2O5S. The van der Waals surface area contributed by atoms with Crippen LogP contribution in [0.5, 0.6) is 11.5 Å². The monoisotopic (exact) mass is 412 g/mol. The van der Waals surface area contributed by atoms with Crippen LogP contribution in [-0.4, -0.2) is 45.9 Å². The van der Waals surface area contributed by atoms with Gasteiger partial charge in [0.2, 0.25) is 10.0 Å². The Bertz CT molecular complexity index is 931. The van der Waals surface area contributed by atoms with E-state index in [1.807, 2.05) is 0 Å². The first-order valence-electron chi connectivity index (χ1n) is 7.99. The average Bonchev–Trinajstić information content (AvgIpc) is 2.61. The van der Waals surface area contributed by atoms with Gasteiger partial charge in [0.05, 0.1) is 17.7 Å². The third-order valence-corrected chi connectivity index (χ3v) is 5.73. The Labute approximate surface area is 163 Å². The summed E-state index contributed by atoms with van der Waals surface area (Å²) in [6.45, 7) is 1.57. The Hall–Kier alpha value is -2.29. The number of anilines is 1. The van der Waals surface area contributed by atoms with Crippen LogP contribution in [0.2, 0.25) is 5.02 Å². The third-order valence-electron chi connectivity index (χ3n) is 3.69. The molecule has 0 aliphatic heterocycles. The van der Waals surface area contributed by atoms with Gasteiger partial charge in [-0.1, -0.05) is 17.7 Å². The molecule has 7 nitrogen and oxygen atoms in total. The maximum Gasteiger partial charge on any atom is 0.265 e.